The Morgan fingerprint density at radius 1 is 1.19 bits per heavy atom. The van der Waals surface area contributed by atoms with E-state index in [1.54, 1.807) is 0 Å². The van der Waals surface area contributed by atoms with Gasteiger partial charge in [-0.3, -0.25) is 0 Å². The van der Waals surface area contributed by atoms with Gasteiger partial charge in [0, 0.05) is 18.8 Å². The van der Waals surface area contributed by atoms with Gasteiger partial charge in [-0.2, -0.15) is 0 Å². The summed E-state index contributed by atoms with van der Waals surface area (Å²) in [5, 5.41) is 0. The lowest BCUT2D eigenvalue weighted by molar-refractivity contribution is 0.122. The predicted octanol–water partition coefficient (Wildman–Crippen LogP) is 2.87. The molecule has 2 nitrogen and oxygen atoms in total. The third kappa shape index (κ3) is 2.76. The molecule has 16 heavy (non-hydrogen) atoms. The van der Waals surface area contributed by atoms with E-state index in [9.17, 15) is 0 Å². The molecule has 1 aromatic rings. The number of ether oxygens (including phenoxy) is 1. The predicted molar refractivity (Wildman–Crippen MR) is 68.1 cm³/mol. The van der Waals surface area contributed by atoms with Crippen LogP contribution in [0.3, 0.4) is 0 Å². The Morgan fingerprint density at radius 3 is 2.69 bits per heavy atom. The van der Waals surface area contributed by atoms with E-state index >= 15 is 0 Å². The van der Waals surface area contributed by atoms with Gasteiger partial charge >= 0.3 is 0 Å². The van der Waals surface area contributed by atoms with Crippen molar-refractivity contribution in [1.82, 2.24) is 0 Å². The van der Waals surface area contributed by atoms with Crippen LogP contribution in [0, 0.1) is 0 Å². The van der Waals surface area contributed by atoms with Crippen LogP contribution in [0.25, 0.3) is 0 Å². The highest BCUT2D eigenvalue weighted by atomic mass is 16.5. The van der Waals surface area contributed by atoms with Crippen molar-refractivity contribution in [2.45, 2.75) is 26.2 Å². The summed E-state index contributed by atoms with van der Waals surface area (Å²) in [6.45, 7) is 6.04. The van der Waals surface area contributed by atoms with Crippen LogP contribution >= 0.6 is 0 Å². The van der Waals surface area contributed by atoms with E-state index in [1.165, 1.54) is 30.5 Å². The van der Waals surface area contributed by atoms with Crippen LogP contribution in [0.15, 0.2) is 24.3 Å². The Morgan fingerprint density at radius 2 is 1.94 bits per heavy atom. The molecule has 0 amide bonds. The smallest absolute Gasteiger partial charge is 0.0642 e. The van der Waals surface area contributed by atoms with Gasteiger partial charge in [0.25, 0.3) is 0 Å². The van der Waals surface area contributed by atoms with Crippen LogP contribution in [0.1, 0.15) is 25.3 Å². The molecule has 0 unspecified atom stereocenters. The molecule has 0 radical (unpaired) electrons. The maximum Gasteiger partial charge on any atom is 0.0642 e. The Balaban J connectivity index is 2.11. The van der Waals surface area contributed by atoms with Crippen molar-refractivity contribution in [2.24, 2.45) is 0 Å². The summed E-state index contributed by atoms with van der Waals surface area (Å²) in [6.07, 6.45) is 3.74. The first-order valence-corrected chi connectivity index (χ1v) is 6.32. The standard InChI is InChI=1S/C14H21NO/c1-2-3-6-13-7-4-5-8-14(13)15-9-11-16-12-10-15/h4-5,7-8H,2-3,6,9-12H2,1H3. The second kappa shape index (κ2) is 5.90. The number of hydrogen-bond acceptors (Lipinski definition) is 2. The van der Waals surface area contributed by atoms with Crippen LogP contribution in [0.2, 0.25) is 0 Å². The van der Waals surface area contributed by atoms with Crippen LogP contribution in [0.4, 0.5) is 5.69 Å². The van der Waals surface area contributed by atoms with Crippen molar-refractivity contribution in [1.29, 1.82) is 0 Å². The van der Waals surface area contributed by atoms with E-state index in [0.717, 1.165) is 26.3 Å². The molecule has 88 valence electrons. The summed E-state index contributed by atoms with van der Waals surface area (Å²) in [4.78, 5) is 2.45. The Hall–Kier alpha value is -1.02. The number of nitrogens with zero attached hydrogens (tertiary/aromatic N) is 1. The van der Waals surface area contributed by atoms with Gasteiger partial charge in [0.2, 0.25) is 0 Å². The minimum atomic E-state index is 0.863. The lowest BCUT2D eigenvalue weighted by atomic mass is 10.1. The molecule has 0 atom stereocenters. The van der Waals surface area contributed by atoms with Crippen LogP contribution < -0.4 is 4.90 Å². The average Bonchev–Trinajstić information content (AvgIpc) is 2.38. The zero-order valence-corrected chi connectivity index (χ0v) is 10.1. The lowest BCUT2D eigenvalue weighted by Gasteiger charge is -2.30. The maximum absolute atomic E-state index is 5.40. The molecule has 1 saturated heterocycles. The summed E-state index contributed by atoms with van der Waals surface area (Å²) in [5.41, 5.74) is 2.91. The third-order valence-corrected chi connectivity index (χ3v) is 3.14. The second-order valence-electron chi connectivity index (χ2n) is 4.33. The van der Waals surface area contributed by atoms with Crippen molar-refractivity contribution >= 4 is 5.69 Å². The topological polar surface area (TPSA) is 12.5 Å². The molecule has 1 aliphatic rings. The largest absolute Gasteiger partial charge is 0.378 e. The molecular formula is C14H21NO. The second-order valence-corrected chi connectivity index (χ2v) is 4.33. The van der Waals surface area contributed by atoms with Crippen LogP contribution in [-0.2, 0) is 11.2 Å². The van der Waals surface area contributed by atoms with Gasteiger partial charge in [0.1, 0.15) is 0 Å². The number of unbranched alkanes of at least 4 members (excludes halogenated alkanes) is 1. The molecule has 1 fully saturated rings. The zero-order chi connectivity index (χ0) is 11.2. The molecule has 0 bridgehead atoms. The Kier molecular flexibility index (Phi) is 4.23. The van der Waals surface area contributed by atoms with Gasteiger partial charge in [-0.05, 0) is 24.5 Å². The minimum absolute atomic E-state index is 0.863. The first-order chi connectivity index (χ1) is 7.92. The molecule has 0 aromatic heterocycles. The molecule has 0 spiro atoms. The van der Waals surface area contributed by atoms with E-state index in [2.05, 4.69) is 36.1 Å². The van der Waals surface area contributed by atoms with Gasteiger partial charge in [-0.1, -0.05) is 31.5 Å². The fraction of sp³-hybridized carbons (Fsp3) is 0.571. The molecule has 2 heteroatoms. The molecule has 1 heterocycles. The molecule has 0 saturated carbocycles. The number of benzene rings is 1. The first kappa shape index (κ1) is 11.5. The van der Waals surface area contributed by atoms with E-state index < -0.39 is 0 Å². The van der Waals surface area contributed by atoms with Crippen molar-refractivity contribution in [3.63, 3.8) is 0 Å². The number of hydrogen-bond donors (Lipinski definition) is 0. The van der Waals surface area contributed by atoms with E-state index in [-0.39, 0.29) is 0 Å². The van der Waals surface area contributed by atoms with Gasteiger partial charge < -0.3 is 9.64 Å². The molecule has 1 aliphatic heterocycles. The third-order valence-electron chi connectivity index (χ3n) is 3.14. The van der Waals surface area contributed by atoms with E-state index in [0.29, 0.717) is 0 Å². The number of morpholine rings is 1. The summed E-state index contributed by atoms with van der Waals surface area (Å²) in [7, 11) is 0. The van der Waals surface area contributed by atoms with Gasteiger partial charge in [0.05, 0.1) is 13.2 Å². The van der Waals surface area contributed by atoms with Gasteiger partial charge in [0.15, 0.2) is 0 Å². The van der Waals surface area contributed by atoms with Crippen molar-refractivity contribution in [2.75, 3.05) is 31.2 Å². The minimum Gasteiger partial charge on any atom is -0.378 e. The highest BCUT2D eigenvalue weighted by molar-refractivity contribution is 5.54. The summed E-state index contributed by atoms with van der Waals surface area (Å²) >= 11 is 0. The first-order valence-electron chi connectivity index (χ1n) is 6.32. The lowest BCUT2D eigenvalue weighted by Crippen LogP contribution is -2.36. The van der Waals surface area contributed by atoms with Crippen LogP contribution in [-0.4, -0.2) is 26.3 Å². The molecule has 0 N–H and O–H groups in total. The van der Waals surface area contributed by atoms with E-state index in [1.807, 2.05) is 0 Å². The van der Waals surface area contributed by atoms with E-state index in [4.69, 9.17) is 4.74 Å². The summed E-state index contributed by atoms with van der Waals surface area (Å²) in [5.74, 6) is 0. The fourth-order valence-corrected chi connectivity index (χ4v) is 2.20. The number of aryl methyl sites for hydroxylation is 1. The molecule has 2 rings (SSSR count). The Labute approximate surface area is 98.2 Å². The average molecular weight is 219 g/mol. The highest BCUT2D eigenvalue weighted by Gasteiger charge is 2.13. The summed E-state index contributed by atoms with van der Waals surface area (Å²) < 4.78 is 5.40. The van der Waals surface area contributed by atoms with Crippen molar-refractivity contribution < 1.29 is 4.74 Å². The van der Waals surface area contributed by atoms with Crippen molar-refractivity contribution in [3.8, 4) is 0 Å². The highest BCUT2D eigenvalue weighted by Crippen LogP contribution is 2.22. The van der Waals surface area contributed by atoms with Crippen LogP contribution in [0.5, 0.6) is 0 Å². The maximum atomic E-state index is 5.40. The molecule has 0 aliphatic carbocycles. The summed E-state index contributed by atoms with van der Waals surface area (Å²) in [6, 6.07) is 8.80. The SMILES string of the molecule is CCCCc1ccccc1N1CCOCC1. The van der Waals surface area contributed by atoms with Gasteiger partial charge in [-0.25, -0.2) is 0 Å². The van der Waals surface area contributed by atoms with Crippen molar-refractivity contribution in [3.05, 3.63) is 29.8 Å². The number of para-hydroxylation sites is 1. The fourth-order valence-electron chi connectivity index (χ4n) is 2.20. The zero-order valence-electron chi connectivity index (χ0n) is 10.1. The number of anilines is 1. The quantitative estimate of drug-likeness (QED) is 0.772. The molecule has 1 aromatic carbocycles. The monoisotopic (exact) mass is 219 g/mol. The van der Waals surface area contributed by atoms with Gasteiger partial charge in [-0.15, -0.1) is 0 Å². The molecular weight excluding hydrogens is 198 g/mol. The Bertz CT molecular complexity index is 318. The normalized spacial score (nSPS) is 16.4. The number of rotatable bonds is 4.